The molecule has 0 saturated heterocycles. The number of aryl methyl sites for hydroxylation is 1. The quantitative estimate of drug-likeness (QED) is 0.768. The van der Waals surface area contributed by atoms with Gasteiger partial charge in [0, 0.05) is 15.2 Å². The minimum atomic E-state index is 0.471. The Morgan fingerprint density at radius 2 is 1.79 bits per heavy atom. The van der Waals surface area contributed by atoms with Crippen LogP contribution in [0.1, 0.15) is 60.8 Å². The van der Waals surface area contributed by atoms with Gasteiger partial charge in [0.15, 0.2) is 0 Å². The van der Waals surface area contributed by atoms with Crippen LogP contribution in [0.15, 0.2) is 6.07 Å². The Morgan fingerprint density at radius 3 is 2.21 bits per heavy atom. The Bertz CT molecular complexity index is 513. The number of nitriles is 1. The van der Waals surface area contributed by atoms with E-state index in [4.69, 9.17) is 0 Å². The average molecular weight is 271 g/mol. The summed E-state index contributed by atoms with van der Waals surface area (Å²) in [4.78, 5) is 2.87. The van der Waals surface area contributed by atoms with E-state index in [9.17, 15) is 5.26 Å². The van der Waals surface area contributed by atoms with Crippen LogP contribution < -0.4 is 0 Å². The molecule has 0 N–H and O–H groups in total. The van der Waals surface area contributed by atoms with E-state index in [1.807, 2.05) is 11.3 Å². The van der Waals surface area contributed by atoms with E-state index in [0.717, 1.165) is 29.7 Å². The maximum Gasteiger partial charge on any atom is 0.100 e. The Hall–Kier alpha value is -0.810. The van der Waals surface area contributed by atoms with Gasteiger partial charge in [0.1, 0.15) is 6.07 Å². The molecule has 0 amide bonds. The van der Waals surface area contributed by atoms with Crippen molar-refractivity contribution in [3.8, 4) is 6.07 Å². The van der Waals surface area contributed by atoms with E-state index in [2.05, 4.69) is 19.1 Å². The van der Waals surface area contributed by atoms with Crippen molar-refractivity contribution >= 4 is 11.3 Å². The summed E-state index contributed by atoms with van der Waals surface area (Å²) in [6.07, 6.45) is 9.73. The van der Waals surface area contributed by atoms with Gasteiger partial charge in [-0.1, -0.05) is 6.92 Å². The minimum Gasteiger partial charge on any atom is -0.192 e. The van der Waals surface area contributed by atoms with Gasteiger partial charge in [0.25, 0.3) is 0 Å². The standard InChI is InChI=1S/C17H21NS/c1-2-15-14(10-18)6-16(19-15)17-7-11-3-12(8-17)5-13(4-11)9-17/h6,11-13H,2-5,7-9H2,1H3. The fraction of sp³-hybridized carbons (Fsp3) is 0.706. The summed E-state index contributed by atoms with van der Waals surface area (Å²) < 4.78 is 0. The SMILES string of the molecule is CCc1sc(C23CC4CC(CC(C4)C2)C3)cc1C#N. The Labute approximate surface area is 119 Å². The molecule has 0 aromatic carbocycles. The molecule has 1 aromatic rings. The van der Waals surface area contributed by atoms with Gasteiger partial charge < -0.3 is 0 Å². The summed E-state index contributed by atoms with van der Waals surface area (Å²) in [6.45, 7) is 2.18. The first-order valence-corrected chi connectivity index (χ1v) is 8.57. The number of thiophene rings is 1. The maximum absolute atomic E-state index is 9.30. The van der Waals surface area contributed by atoms with Crippen molar-refractivity contribution in [2.45, 2.75) is 57.3 Å². The largest absolute Gasteiger partial charge is 0.192 e. The molecule has 1 heterocycles. The van der Waals surface area contributed by atoms with Crippen LogP contribution in [0.4, 0.5) is 0 Å². The lowest BCUT2D eigenvalue weighted by molar-refractivity contribution is -0.00347. The van der Waals surface area contributed by atoms with E-state index in [1.165, 1.54) is 43.4 Å². The van der Waals surface area contributed by atoms with E-state index in [1.54, 1.807) is 4.88 Å². The molecule has 4 fully saturated rings. The van der Waals surface area contributed by atoms with Crippen LogP contribution in [0, 0.1) is 29.1 Å². The summed E-state index contributed by atoms with van der Waals surface area (Å²) in [6, 6.07) is 4.66. The van der Waals surface area contributed by atoms with Crippen molar-refractivity contribution in [1.29, 1.82) is 5.26 Å². The highest BCUT2D eigenvalue weighted by molar-refractivity contribution is 7.12. The molecule has 4 aliphatic carbocycles. The van der Waals surface area contributed by atoms with Crippen LogP contribution in [-0.4, -0.2) is 0 Å². The van der Waals surface area contributed by atoms with E-state index in [-0.39, 0.29) is 0 Å². The molecule has 19 heavy (non-hydrogen) atoms. The maximum atomic E-state index is 9.30. The summed E-state index contributed by atoms with van der Waals surface area (Å²) in [5.74, 6) is 2.97. The van der Waals surface area contributed by atoms with Crippen molar-refractivity contribution in [3.05, 3.63) is 21.4 Å². The number of hydrogen-bond donors (Lipinski definition) is 0. The monoisotopic (exact) mass is 271 g/mol. The molecule has 1 nitrogen and oxygen atoms in total. The van der Waals surface area contributed by atoms with Crippen molar-refractivity contribution in [1.82, 2.24) is 0 Å². The highest BCUT2D eigenvalue weighted by Crippen LogP contribution is 2.61. The Kier molecular flexibility index (Phi) is 2.58. The third-order valence-corrected chi connectivity index (χ3v) is 7.34. The van der Waals surface area contributed by atoms with Gasteiger partial charge in [-0.3, -0.25) is 0 Å². The van der Waals surface area contributed by atoms with Crippen LogP contribution in [0.25, 0.3) is 0 Å². The lowest BCUT2D eigenvalue weighted by Crippen LogP contribution is -2.48. The first-order chi connectivity index (χ1) is 9.22. The summed E-state index contributed by atoms with van der Waals surface area (Å²) in [5.41, 5.74) is 1.43. The van der Waals surface area contributed by atoms with Crippen molar-refractivity contribution in [2.24, 2.45) is 17.8 Å². The lowest BCUT2D eigenvalue weighted by atomic mass is 9.49. The van der Waals surface area contributed by atoms with Gasteiger partial charge in [-0.2, -0.15) is 5.26 Å². The molecule has 4 aliphatic rings. The van der Waals surface area contributed by atoms with Crippen LogP contribution in [0.3, 0.4) is 0 Å². The molecule has 0 unspecified atom stereocenters. The zero-order valence-electron chi connectivity index (χ0n) is 11.6. The lowest BCUT2D eigenvalue weighted by Gasteiger charge is -2.56. The molecular weight excluding hydrogens is 250 g/mol. The first kappa shape index (κ1) is 12.0. The smallest absolute Gasteiger partial charge is 0.100 e. The summed E-state index contributed by atoms with van der Waals surface area (Å²) in [7, 11) is 0. The fourth-order valence-electron chi connectivity index (χ4n) is 5.46. The van der Waals surface area contributed by atoms with Crippen LogP contribution in [0.2, 0.25) is 0 Å². The molecular formula is C17H21NS. The molecule has 0 radical (unpaired) electrons. The Balaban J connectivity index is 1.75. The molecule has 2 heteroatoms. The predicted octanol–water partition coefficient (Wildman–Crippen LogP) is 4.65. The van der Waals surface area contributed by atoms with Crippen LogP contribution in [0.5, 0.6) is 0 Å². The number of nitrogens with zero attached hydrogens (tertiary/aromatic N) is 1. The third-order valence-electron chi connectivity index (χ3n) is 5.81. The zero-order chi connectivity index (χ0) is 13.0. The van der Waals surface area contributed by atoms with Crippen LogP contribution >= 0.6 is 11.3 Å². The molecule has 5 rings (SSSR count). The van der Waals surface area contributed by atoms with E-state index < -0.39 is 0 Å². The molecule has 4 saturated carbocycles. The van der Waals surface area contributed by atoms with Crippen molar-refractivity contribution in [3.63, 3.8) is 0 Å². The van der Waals surface area contributed by atoms with Gasteiger partial charge >= 0.3 is 0 Å². The molecule has 0 atom stereocenters. The van der Waals surface area contributed by atoms with Gasteiger partial charge in [0.2, 0.25) is 0 Å². The second-order valence-electron chi connectivity index (χ2n) is 7.11. The Morgan fingerprint density at radius 1 is 1.21 bits per heavy atom. The van der Waals surface area contributed by atoms with Gasteiger partial charge in [-0.25, -0.2) is 0 Å². The van der Waals surface area contributed by atoms with Crippen molar-refractivity contribution < 1.29 is 0 Å². The van der Waals surface area contributed by atoms with Crippen LogP contribution in [-0.2, 0) is 11.8 Å². The van der Waals surface area contributed by atoms with E-state index >= 15 is 0 Å². The highest BCUT2D eigenvalue weighted by Gasteiger charge is 2.52. The molecule has 0 spiro atoms. The van der Waals surface area contributed by atoms with Crippen molar-refractivity contribution in [2.75, 3.05) is 0 Å². The molecule has 0 aliphatic heterocycles. The molecule has 100 valence electrons. The van der Waals surface area contributed by atoms with E-state index in [0.29, 0.717) is 5.41 Å². The molecule has 1 aromatic heterocycles. The minimum absolute atomic E-state index is 0.471. The molecule has 4 bridgehead atoms. The van der Waals surface area contributed by atoms with Gasteiger partial charge in [-0.15, -0.1) is 11.3 Å². The normalized spacial score (nSPS) is 39.5. The zero-order valence-corrected chi connectivity index (χ0v) is 12.4. The van der Waals surface area contributed by atoms with Gasteiger partial charge in [-0.05, 0) is 68.8 Å². The second-order valence-corrected chi connectivity index (χ2v) is 8.25. The summed E-state index contributed by atoms with van der Waals surface area (Å²) in [5, 5.41) is 9.30. The predicted molar refractivity (Wildman–Crippen MR) is 78.3 cm³/mol. The third kappa shape index (κ3) is 1.71. The fourth-order valence-corrected chi connectivity index (χ4v) is 6.73. The average Bonchev–Trinajstić information content (AvgIpc) is 2.81. The summed E-state index contributed by atoms with van der Waals surface area (Å²) >= 11 is 1.95. The second kappa shape index (κ2) is 4.09. The topological polar surface area (TPSA) is 23.8 Å². The number of hydrogen-bond acceptors (Lipinski definition) is 2. The van der Waals surface area contributed by atoms with Gasteiger partial charge in [0.05, 0.1) is 5.56 Å². The number of rotatable bonds is 2. The highest BCUT2D eigenvalue weighted by atomic mass is 32.1. The first-order valence-electron chi connectivity index (χ1n) is 7.75.